The summed E-state index contributed by atoms with van der Waals surface area (Å²) >= 11 is 2.12. The molecule has 0 aliphatic heterocycles. The molecular weight excluding hydrogens is 346 g/mol. The van der Waals surface area contributed by atoms with Gasteiger partial charge in [-0.05, 0) is 41.1 Å². The van der Waals surface area contributed by atoms with Gasteiger partial charge < -0.3 is 4.98 Å². The number of aromatic amines is 1. The molecule has 0 unspecified atom stereocenters. The monoisotopic (exact) mass is 353 g/mol. The van der Waals surface area contributed by atoms with Crippen molar-refractivity contribution in [2.45, 2.75) is 13.1 Å². The number of benzene rings is 1. The summed E-state index contributed by atoms with van der Waals surface area (Å²) in [6, 6.07) is 5.29. The summed E-state index contributed by atoms with van der Waals surface area (Å²) < 4.78 is 37.9. The number of nitrogens with zero attached hydrogens (tertiary/aromatic N) is 2. The predicted octanol–water partition coefficient (Wildman–Crippen LogP) is 3.40. The quantitative estimate of drug-likeness (QED) is 0.799. The van der Waals surface area contributed by atoms with Gasteiger partial charge in [-0.25, -0.2) is 0 Å². The van der Waals surface area contributed by atoms with Crippen molar-refractivity contribution in [2.75, 3.05) is 0 Å². The Hall–Kier alpha value is -1.12. The Balaban J connectivity index is 2.40. The number of H-pyrrole nitrogens is 1. The Labute approximate surface area is 109 Å². The predicted molar refractivity (Wildman–Crippen MR) is 64.3 cm³/mol. The van der Waals surface area contributed by atoms with Crippen molar-refractivity contribution >= 4 is 22.6 Å². The maximum absolute atomic E-state index is 12.3. The molecule has 3 nitrogen and oxygen atoms in total. The van der Waals surface area contributed by atoms with Gasteiger partial charge >= 0.3 is 6.18 Å². The normalized spacial score (nSPS) is 11.8. The van der Waals surface area contributed by atoms with Gasteiger partial charge in [0.25, 0.3) is 0 Å². The smallest absolute Gasteiger partial charge is 0.317 e. The van der Waals surface area contributed by atoms with Crippen LogP contribution in [-0.2, 0) is 6.18 Å². The molecule has 1 N–H and O–H groups in total. The summed E-state index contributed by atoms with van der Waals surface area (Å²) in [5.41, 5.74) is 1.65. The fraction of sp³-hybridized carbons (Fsp3) is 0.200. The summed E-state index contributed by atoms with van der Waals surface area (Å²) in [6.45, 7) is 1.92. The van der Waals surface area contributed by atoms with E-state index in [0.717, 1.165) is 9.13 Å². The average molecular weight is 353 g/mol. The van der Waals surface area contributed by atoms with Crippen LogP contribution in [0, 0.1) is 10.5 Å². The molecule has 0 atom stereocenters. The summed E-state index contributed by atoms with van der Waals surface area (Å²) in [5, 5.41) is 6.58. The first-order valence-corrected chi connectivity index (χ1v) is 5.72. The molecule has 1 heterocycles. The van der Waals surface area contributed by atoms with Gasteiger partial charge in [-0.15, -0.1) is 10.2 Å². The van der Waals surface area contributed by atoms with Gasteiger partial charge in [-0.1, -0.05) is 12.1 Å². The van der Waals surface area contributed by atoms with Crippen LogP contribution in [0.4, 0.5) is 13.2 Å². The van der Waals surface area contributed by atoms with Gasteiger partial charge in [-0.2, -0.15) is 13.2 Å². The molecule has 2 rings (SSSR count). The van der Waals surface area contributed by atoms with Gasteiger partial charge in [-0.3, -0.25) is 0 Å². The fourth-order valence-corrected chi connectivity index (χ4v) is 1.78. The van der Waals surface area contributed by atoms with Crippen molar-refractivity contribution in [2.24, 2.45) is 0 Å². The minimum absolute atomic E-state index is 0.121. The highest BCUT2D eigenvalue weighted by Gasteiger charge is 2.35. The molecule has 0 saturated carbocycles. The van der Waals surface area contributed by atoms with Crippen LogP contribution in [0.1, 0.15) is 11.4 Å². The van der Waals surface area contributed by atoms with E-state index in [1.165, 1.54) is 0 Å². The number of aromatic nitrogens is 3. The second-order valence-corrected chi connectivity index (χ2v) is 4.65. The zero-order valence-corrected chi connectivity index (χ0v) is 10.8. The van der Waals surface area contributed by atoms with E-state index in [1.54, 1.807) is 12.1 Å². The maximum atomic E-state index is 12.3. The average Bonchev–Trinajstić information content (AvgIpc) is 2.70. The maximum Gasteiger partial charge on any atom is 0.451 e. The van der Waals surface area contributed by atoms with Crippen LogP contribution < -0.4 is 0 Å². The van der Waals surface area contributed by atoms with E-state index in [0.29, 0.717) is 5.56 Å². The van der Waals surface area contributed by atoms with Crippen molar-refractivity contribution < 1.29 is 13.2 Å². The van der Waals surface area contributed by atoms with E-state index < -0.39 is 12.0 Å². The number of hydrogen-bond donors (Lipinski definition) is 1. The Kier molecular flexibility index (Phi) is 3.11. The molecule has 1 aromatic carbocycles. The second-order valence-electron chi connectivity index (χ2n) is 3.48. The van der Waals surface area contributed by atoms with Crippen LogP contribution in [0.3, 0.4) is 0 Å². The zero-order chi connectivity index (χ0) is 12.6. The van der Waals surface area contributed by atoms with E-state index in [-0.39, 0.29) is 5.82 Å². The molecule has 7 heteroatoms. The Bertz CT molecular complexity index is 548. The lowest BCUT2D eigenvalue weighted by atomic mass is 10.1. The van der Waals surface area contributed by atoms with Crippen molar-refractivity contribution in [1.29, 1.82) is 0 Å². The largest absolute Gasteiger partial charge is 0.451 e. The first kappa shape index (κ1) is 12.3. The van der Waals surface area contributed by atoms with Gasteiger partial charge in [0, 0.05) is 9.13 Å². The Morgan fingerprint density at radius 1 is 1.24 bits per heavy atom. The molecule has 0 bridgehead atoms. The third-order valence-electron chi connectivity index (χ3n) is 2.20. The molecule has 0 fully saturated rings. The molecule has 0 aliphatic carbocycles. The lowest BCUT2D eigenvalue weighted by molar-refractivity contribution is -0.144. The number of halogens is 4. The highest BCUT2D eigenvalue weighted by molar-refractivity contribution is 14.1. The fourth-order valence-electron chi connectivity index (χ4n) is 1.26. The number of nitrogens with one attached hydrogen (secondary N) is 1. The van der Waals surface area contributed by atoms with Crippen molar-refractivity contribution in [3.05, 3.63) is 33.2 Å². The zero-order valence-electron chi connectivity index (χ0n) is 8.64. The molecule has 0 saturated heterocycles. The second kappa shape index (κ2) is 4.28. The van der Waals surface area contributed by atoms with E-state index in [9.17, 15) is 13.2 Å². The molecule has 1 aromatic heterocycles. The highest BCUT2D eigenvalue weighted by atomic mass is 127. The number of alkyl halides is 3. The Morgan fingerprint density at radius 3 is 2.47 bits per heavy atom. The van der Waals surface area contributed by atoms with Gasteiger partial charge in [0.2, 0.25) is 5.82 Å². The number of rotatable bonds is 1. The minimum Gasteiger partial charge on any atom is -0.317 e. The van der Waals surface area contributed by atoms with Crippen LogP contribution in [0.25, 0.3) is 11.4 Å². The molecule has 0 aliphatic rings. The molecule has 0 spiro atoms. The van der Waals surface area contributed by atoms with Crippen LogP contribution in [0.15, 0.2) is 18.2 Å². The van der Waals surface area contributed by atoms with Crippen molar-refractivity contribution in [1.82, 2.24) is 15.2 Å². The topological polar surface area (TPSA) is 41.6 Å². The third kappa shape index (κ3) is 2.59. The summed E-state index contributed by atoms with van der Waals surface area (Å²) in [7, 11) is 0. The third-order valence-corrected chi connectivity index (χ3v) is 3.36. The molecular formula is C10H7F3IN3. The molecule has 2 aromatic rings. The number of hydrogen-bond acceptors (Lipinski definition) is 2. The van der Waals surface area contributed by atoms with Gasteiger partial charge in [0.15, 0.2) is 5.82 Å². The first-order valence-electron chi connectivity index (χ1n) is 4.64. The Morgan fingerprint density at radius 2 is 1.94 bits per heavy atom. The van der Waals surface area contributed by atoms with Crippen molar-refractivity contribution in [3.8, 4) is 11.4 Å². The van der Waals surface area contributed by atoms with Crippen LogP contribution >= 0.6 is 22.6 Å². The van der Waals surface area contributed by atoms with Crippen LogP contribution in [0.2, 0.25) is 0 Å². The van der Waals surface area contributed by atoms with Crippen LogP contribution in [-0.4, -0.2) is 15.2 Å². The van der Waals surface area contributed by atoms with E-state index >= 15 is 0 Å². The number of aryl methyl sites for hydroxylation is 1. The molecule has 90 valence electrons. The van der Waals surface area contributed by atoms with E-state index in [1.807, 2.05) is 13.0 Å². The first-order chi connectivity index (χ1) is 7.88. The minimum atomic E-state index is -4.50. The van der Waals surface area contributed by atoms with Crippen molar-refractivity contribution in [3.63, 3.8) is 0 Å². The van der Waals surface area contributed by atoms with Gasteiger partial charge in [0.05, 0.1) is 0 Å². The lowest BCUT2D eigenvalue weighted by Crippen LogP contribution is -2.07. The van der Waals surface area contributed by atoms with E-state index in [2.05, 4.69) is 37.8 Å². The molecule has 0 amide bonds. The standard InChI is InChI=1S/C10H7F3IN3/c1-5-2-3-6(4-7(5)14)8-15-9(17-16-8)10(11,12)13/h2-4H,1H3,(H,15,16,17). The summed E-state index contributed by atoms with van der Waals surface area (Å²) in [4.78, 5) is 2.17. The molecule has 0 radical (unpaired) electrons. The van der Waals surface area contributed by atoms with Crippen LogP contribution in [0.5, 0.6) is 0 Å². The van der Waals surface area contributed by atoms with E-state index in [4.69, 9.17) is 0 Å². The lowest BCUT2D eigenvalue weighted by Gasteiger charge is -2.01. The summed E-state index contributed by atoms with van der Waals surface area (Å²) in [6.07, 6.45) is -4.50. The SMILES string of the molecule is Cc1ccc(-c2nnc(C(F)(F)F)[nH]2)cc1I. The summed E-state index contributed by atoms with van der Waals surface area (Å²) in [5.74, 6) is -0.960. The molecule has 17 heavy (non-hydrogen) atoms. The highest BCUT2D eigenvalue weighted by Crippen LogP contribution is 2.28. The van der Waals surface area contributed by atoms with Gasteiger partial charge in [0.1, 0.15) is 0 Å².